The van der Waals surface area contributed by atoms with Crippen molar-refractivity contribution in [3.05, 3.63) is 72.3 Å². The number of rotatable bonds is 2. The zero-order chi connectivity index (χ0) is 15.5. The summed E-state index contributed by atoms with van der Waals surface area (Å²) in [5, 5.41) is 2.76. The van der Waals surface area contributed by atoms with Crippen LogP contribution in [0.2, 0.25) is 0 Å². The van der Waals surface area contributed by atoms with Crippen molar-refractivity contribution in [2.45, 2.75) is 6.92 Å². The summed E-state index contributed by atoms with van der Waals surface area (Å²) in [6, 6.07) is 22.3. The molecule has 0 aromatic heterocycles. The second-order valence-electron chi connectivity index (χ2n) is 5.27. The molecule has 0 saturated carbocycles. The van der Waals surface area contributed by atoms with Gasteiger partial charge in [-0.2, -0.15) is 0 Å². The first-order valence-corrected chi connectivity index (χ1v) is 7.55. The number of fused-ring (bicyclic) bond motifs is 1. The van der Waals surface area contributed by atoms with Crippen molar-refractivity contribution in [1.29, 1.82) is 0 Å². The molecule has 0 amide bonds. The molecular weight excluding hydrogens is 383 g/mol. The maximum absolute atomic E-state index is 5.84. The van der Waals surface area contributed by atoms with Crippen LogP contribution in [-0.4, -0.2) is 12.2 Å². The van der Waals surface area contributed by atoms with Gasteiger partial charge in [-0.25, -0.2) is 0 Å². The Kier molecular flexibility index (Phi) is 5.97. The van der Waals surface area contributed by atoms with Crippen molar-refractivity contribution in [3.63, 3.8) is 0 Å². The summed E-state index contributed by atoms with van der Waals surface area (Å²) >= 11 is 5.41. The standard InChI is InChI=1S/C19H17NOS.Nb/c1-14-6-5-9-17(12-14)20(2)19(22)21-18-11-10-15-7-3-4-8-16(15)13-18;/h3-13H,1-2H3;. The molecule has 1 radical (unpaired) electrons. The van der Waals surface area contributed by atoms with E-state index in [2.05, 4.69) is 31.2 Å². The number of nitrogens with zero attached hydrogens (tertiary/aromatic N) is 1. The van der Waals surface area contributed by atoms with Gasteiger partial charge in [-0.05, 0) is 59.7 Å². The molecule has 0 aliphatic carbocycles. The van der Waals surface area contributed by atoms with E-state index in [0.29, 0.717) is 5.17 Å². The zero-order valence-corrected chi connectivity index (χ0v) is 16.1. The fourth-order valence-corrected chi connectivity index (χ4v) is 2.54. The van der Waals surface area contributed by atoms with Gasteiger partial charge >= 0.3 is 0 Å². The minimum atomic E-state index is 0. The van der Waals surface area contributed by atoms with Crippen LogP contribution in [0.15, 0.2) is 66.7 Å². The van der Waals surface area contributed by atoms with Gasteiger partial charge in [0.1, 0.15) is 5.75 Å². The molecule has 3 rings (SSSR count). The van der Waals surface area contributed by atoms with E-state index in [9.17, 15) is 0 Å². The van der Waals surface area contributed by atoms with Gasteiger partial charge in [0.15, 0.2) is 0 Å². The van der Waals surface area contributed by atoms with E-state index in [1.165, 1.54) is 10.9 Å². The van der Waals surface area contributed by atoms with Crippen LogP contribution in [0.1, 0.15) is 5.56 Å². The summed E-state index contributed by atoms with van der Waals surface area (Å²) in [6.07, 6.45) is 0. The fraction of sp³-hybridized carbons (Fsp3) is 0.105. The first-order chi connectivity index (χ1) is 10.6. The molecule has 0 aliphatic rings. The first kappa shape index (κ1) is 17.7. The average Bonchev–Trinajstić information content (AvgIpc) is 2.54. The third-order valence-electron chi connectivity index (χ3n) is 3.59. The number of ether oxygens (including phenoxy) is 1. The minimum absolute atomic E-state index is 0. The summed E-state index contributed by atoms with van der Waals surface area (Å²) in [7, 11) is 1.91. The number of anilines is 1. The van der Waals surface area contributed by atoms with Crippen molar-refractivity contribution in [2.75, 3.05) is 11.9 Å². The van der Waals surface area contributed by atoms with E-state index in [1.54, 1.807) is 0 Å². The summed E-state index contributed by atoms with van der Waals surface area (Å²) in [4.78, 5) is 1.87. The molecular formula is C19H17NNbOS. The molecule has 0 unspecified atom stereocenters. The Bertz CT molecular complexity index is 834. The first-order valence-electron chi connectivity index (χ1n) is 7.14. The summed E-state index contributed by atoms with van der Waals surface area (Å²) < 4.78 is 5.84. The van der Waals surface area contributed by atoms with Crippen LogP contribution in [0.5, 0.6) is 5.75 Å². The van der Waals surface area contributed by atoms with Gasteiger partial charge in [0.25, 0.3) is 5.17 Å². The Labute approximate surface area is 157 Å². The van der Waals surface area contributed by atoms with Gasteiger partial charge in [-0.15, -0.1) is 0 Å². The molecule has 0 saturated heterocycles. The largest absolute Gasteiger partial charge is 0.432 e. The molecule has 0 fully saturated rings. The molecule has 23 heavy (non-hydrogen) atoms. The van der Waals surface area contributed by atoms with Gasteiger partial charge < -0.3 is 9.64 Å². The molecule has 115 valence electrons. The van der Waals surface area contributed by atoms with Crippen LogP contribution in [-0.2, 0) is 22.4 Å². The Morgan fingerprint density at radius 2 is 1.65 bits per heavy atom. The molecule has 0 bridgehead atoms. The van der Waals surface area contributed by atoms with Gasteiger partial charge in [0.05, 0.1) is 0 Å². The molecule has 2 nitrogen and oxygen atoms in total. The van der Waals surface area contributed by atoms with E-state index >= 15 is 0 Å². The van der Waals surface area contributed by atoms with Crippen molar-refractivity contribution < 1.29 is 27.1 Å². The Balaban J connectivity index is 0.00000192. The molecule has 3 aromatic carbocycles. The van der Waals surface area contributed by atoms with Gasteiger partial charge in [0, 0.05) is 35.1 Å². The molecule has 0 N–H and O–H groups in total. The van der Waals surface area contributed by atoms with Crippen LogP contribution in [0, 0.1) is 6.92 Å². The maximum Gasteiger partial charge on any atom is 0.269 e. The number of aryl methyl sites for hydroxylation is 1. The minimum Gasteiger partial charge on any atom is -0.432 e. The normalized spacial score (nSPS) is 10.0. The van der Waals surface area contributed by atoms with E-state index in [4.69, 9.17) is 17.0 Å². The monoisotopic (exact) mass is 400 g/mol. The molecule has 3 aromatic rings. The Morgan fingerprint density at radius 3 is 2.39 bits per heavy atom. The van der Waals surface area contributed by atoms with E-state index in [0.717, 1.165) is 16.8 Å². The van der Waals surface area contributed by atoms with Crippen molar-refractivity contribution in [3.8, 4) is 5.75 Å². The predicted octanol–water partition coefficient (Wildman–Crippen LogP) is 4.95. The van der Waals surface area contributed by atoms with Gasteiger partial charge in [-0.3, -0.25) is 0 Å². The predicted molar refractivity (Wildman–Crippen MR) is 96.8 cm³/mol. The quantitative estimate of drug-likeness (QED) is 0.446. The van der Waals surface area contributed by atoms with Crippen LogP contribution in [0.3, 0.4) is 0 Å². The van der Waals surface area contributed by atoms with Gasteiger partial charge in [0.2, 0.25) is 0 Å². The Hall–Kier alpha value is -1.65. The Morgan fingerprint density at radius 1 is 0.913 bits per heavy atom. The molecule has 0 heterocycles. The van der Waals surface area contributed by atoms with Crippen molar-refractivity contribution >= 4 is 33.9 Å². The van der Waals surface area contributed by atoms with E-state index in [1.807, 2.05) is 54.4 Å². The summed E-state index contributed by atoms with van der Waals surface area (Å²) in [6.45, 7) is 2.06. The molecule has 0 spiro atoms. The number of thiocarbonyl (C=S) groups is 1. The number of hydrogen-bond acceptors (Lipinski definition) is 2. The van der Waals surface area contributed by atoms with Crippen LogP contribution in [0.4, 0.5) is 5.69 Å². The second kappa shape index (κ2) is 7.75. The smallest absolute Gasteiger partial charge is 0.269 e. The topological polar surface area (TPSA) is 12.5 Å². The van der Waals surface area contributed by atoms with Crippen LogP contribution in [0.25, 0.3) is 10.8 Å². The van der Waals surface area contributed by atoms with Crippen molar-refractivity contribution in [2.24, 2.45) is 0 Å². The van der Waals surface area contributed by atoms with Crippen molar-refractivity contribution in [1.82, 2.24) is 0 Å². The fourth-order valence-electron chi connectivity index (χ4n) is 2.34. The second-order valence-corrected chi connectivity index (χ2v) is 5.62. The van der Waals surface area contributed by atoms with Crippen LogP contribution >= 0.6 is 12.2 Å². The van der Waals surface area contributed by atoms with E-state index < -0.39 is 0 Å². The summed E-state index contributed by atoms with van der Waals surface area (Å²) in [5.74, 6) is 0.753. The SMILES string of the molecule is Cc1cccc(N(C)C(=S)Oc2ccc3ccccc3c2)c1.[Nb]. The number of benzene rings is 3. The molecule has 0 atom stereocenters. The zero-order valence-electron chi connectivity index (χ0n) is 13.1. The molecule has 4 heteroatoms. The van der Waals surface area contributed by atoms with Crippen LogP contribution < -0.4 is 9.64 Å². The summed E-state index contributed by atoms with van der Waals surface area (Å²) in [5.41, 5.74) is 2.21. The molecule has 0 aliphatic heterocycles. The average molecular weight is 400 g/mol. The third kappa shape index (κ3) is 4.21. The third-order valence-corrected chi connectivity index (χ3v) is 3.95. The van der Waals surface area contributed by atoms with Gasteiger partial charge in [-0.1, -0.05) is 42.5 Å². The van der Waals surface area contributed by atoms with E-state index in [-0.39, 0.29) is 22.4 Å². The maximum atomic E-state index is 5.84. The number of hydrogen-bond donors (Lipinski definition) is 0.